The predicted molar refractivity (Wildman–Crippen MR) is 76.9 cm³/mol. The maximum atomic E-state index is 11.8. The number of nitrogens with one attached hydrogen (secondary N) is 1. The van der Waals surface area contributed by atoms with E-state index >= 15 is 0 Å². The van der Waals surface area contributed by atoms with Crippen LogP contribution in [0.2, 0.25) is 0 Å². The van der Waals surface area contributed by atoms with Gasteiger partial charge in [0.05, 0.1) is 5.56 Å². The average molecular weight is 328 g/mol. The van der Waals surface area contributed by atoms with E-state index in [1.807, 2.05) is 13.8 Å². The summed E-state index contributed by atoms with van der Waals surface area (Å²) in [6.45, 7) is 3.75. The molecule has 0 aliphatic heterocycles. The van der Waals surface area contributed by atoms with Crippen LogP contribution in [0.5, 0.6) is 0 Å². The van der Waals surface area contributed by atoms with Gasteiger partial charge in [-0.15, -0.1) is 0 Å². The Balaban J connectivity index is 2.47. The van der Waals surface area contributed by atoms with Crippen LogP contribution in [0, 0.1) is 0 Å². The summed E-state index contributed by atoms with van der Waals surface area (Å²) in [7, 11) is 0. The zero-order chi connectivity index (χ0) is 14.3. The van der Waals surface area contributed by atoms with Crippen molar-refractivity contribution >= 4 is 27.8 Å². The Hall–Kier alpha value is -1.36. The minimum Gasteiger partial charge on any atom is -0.452 e. The van der Waals surface area contributed by atoms with Crippen molar-refractivity contribution in [2.24, 2.45) is 0 Å². The molecule has 1 N–H and O–H groups in total. The van der Waals surface area contributed by atoms with E-state index in [0.29, 0.717) is 10.0 Å². The third kappa shape index (κ3) is 5.03. The second kappa shape index (κ2) is 7.94. The fraction of sp³-hybridized carbons (Fsp3) is 0.429. The maximum Gasteiger partial charge on any atom is 0.339 e. The lowest BCUT2D eigenvalue weighted by Crippen LogP contribution is -2.36. The van der Waals surface area contributed by atoms with Crippen LogP contribution in [0.15, 0.2) is 28.7 Å². The number of ether oxygens (including phenoxy) is 1. The predicted octanol–water partition coefficient (Wildman–Crippen LogP) is 2.91. The zero-order valence-electron chi connectivity index (χ0n) is 11.1. The van der Waals surface area contributed by atoms with Gasteiger partial charge in [-0.3, -0.25) is 4.79 Å². The molecular formula is C14H18BrNO3. The minimum absolute atomic E-state index is 0.134. The van der Waals surface area contributed by atoms with Crippen molar-refractivity contribution in [3.63, 3.8) is 0 Å². The number of benzene rings is 1. The van der Waals surface area contributed by atoms with Gasteiger partial charge in [0.1, 0.15) is 0 Å². The van der Waals surface area contributed by atoms with E-state index < -0.39 is 5.97 Å². The second-order valence-electron chi connectivity index (χ2n) is 4.14. The Morgan fingerprint density at radius 1 is 1.26 bits per heavy atom. The number of esters is 1. The van der Waals surface area contributed by atoms with Crippen LogP contribution in [0.25, 0.3) is 0 Å². The largest absolute Gasteiger partial charge is 0.452 e. The normalized spacial score (nSPS) is 10.3. The highest BCUT2D eigenvalue weighted by Crippen LogP contribution is 2.16. The topological polar surface area (TPSA) is 55.4 Å². The van der Waals surface area contributed by atoms with Crippen LogP contribution >= 0.6 is 15.9 Å². The molecule has 1 rings (SSSR count). The molecule has 0 spiro atoms. The zero-order valence-corrected chi connectivity index (χ0v) is 12.7. The quantitative estimate of drug-likeness (QED) is 0.817. The Bertz CT molecular complexity index is 444. The van der Waals surface area contributed by atoms with Gasteiger partial charge in [-0.1, -0.05) is 26.0 Å². The number of carbonyl (C=O) groups is 2. The Kier molecular flexibility index (Phi) is 6.56. The lowest BCUT2D eigenvalue weighted by atomic mass is 10.2. The van der Waals surface area contributed by atoms with Gasteiger partial charge >= 0.3 is 5.97 Å². The van der Waals surface area contributed by atoms with Gasteiger partial charge in [0.2, 0.25) is 0 Å². The molecule has 0 fully saturated rings. The van der Waals surface area contributed by atoms with E-state index in [2.05, 4.69) is 21.2 Å². The molecular weight excluding hydrogens is 310 g/mol. The fourth-order valence-electron chi connectivity index (χ4n) is 1.60. The van der Waals surface area contributed by atoms with Crippen molar-refractivity contribution < 1.29 is 14.3 Å². The Morgan fingerprint density at radius 2 is 1.89 bits per heavy atom. The first-order chi connectivity index (χ1) is 9.08. The van der Waals surface area contributed by atoms with Gasteiger partial charge in [-0.25, -0.2) is 4.79 Å². The third-order valence-corrected chi connectivity index (χ3v) is 3.47. The highest BCUT2D eigenvalue weighted by atomic mass is 79.9. The van der Waals surface area contributed by atoms with Gasteiger partial charge in [0.15, 0.2) is 6.61 Å². The van der Waals surface area contributed by atoms with Crippen LogP contribution in [0.1, 0.15) is 37.0 Å². The van der Waals surface area contributed by atoms with E-state index in [1.165, 1.54) is 0 Å². The molecule has 0 atom stereocenters. The Labute approximate surface area is 121 Å². The van der Waals surface area contributed by atoms with Crippen LogP contribution in [-0.2, 0) is 9.53 Å². The molecule has 1 aromatic rings. The number of amides is 1. The number of hydrogen-bond donors (Lipinski definition) is 1. The molecule has 0 saturated heterocycles. The first-order valence-electron chi connectivity index (χ1n) is 6.29. The van der Waals surface area contributed by atoms with E-state index in [-0.39, 0.29) is 18.6 Å². The molecule has 104 valence electrons. The summed E-state index contributed by atoms with van der Waals surface area (Å²) in [6, 6.07) is 7.08. The first kappa shape index (κ1) is 15.7. The lowest BCUT2D eigenvalue weighted by Gasteiger charge is -2.14. The van der Waals surface area contributed by atoms with Crippen LogP contribution in [0.3, 0.4) is 0 Å². The number of rotatable bonds is 6. The monoisotopic (exact) mass is 327 g/mol. The van der Waals surface area contributed by atoms with Crippen molar-refractivity contribution in [3.8, 4) is 0 Å². The molecule has 0 aromatic heterocycles. The van der Waals surface area contributed by atoms with Crippen LogP contribution in [-0.4, -0.2) is 24.5 Å². The summed E-state index contributed by atoms with van der Waals surface area (Å²) >= 11 is 3.27. The molecule has 0 saturated carbocycles. The van der Waals surface area contributed by atoms with Crippen LogP contribution < -0.4 is 5.32 Å². The smallest absolute Gasteiger partial charge is 0.339 e. The summed E-state index contributed by atoms with van der Waals surface area (Å²) in [4.78, 5) is 23.4. The number of carbonyl (C=O) groups excluding carboxylic acids is 2. The van der Waals surface area contributed by atoms with Crippen molar-refractivity contribution in [2.75, 3.05) is 6.61 Å². The first-order valence-corrected chi connectivity index (χ1v) is 7.08. The van der Waals surface area contributed by atoms with E-state index in [9.17, 15) is 9.59 Å². The van der Waals surface area contributed by atoms with Crippen molar-refractivity contribution in [1.82, 2.24) is 5.32 Å². The van der Waals surface area contributed by atoms with Crippen LogP contribution in [0.4, 0.5) is 0 Å². The molecule has 0 aliphatic carbocycles. The molecule has 0 radical (unpaired) electrons. The molecule has 0 bridgehead atoms. The highest BCUT2D eigenvalue weighted by Gasteiger charge is 2.14. The standard InChI is InChI=1S/C14H18BrNO3/c1-3-10(4-2)16-13(17)9-19-14(18)11-7-5-6-8-12(11)15/h5-8,10H,3-4,9H2,1-2H3,(H,16,17). The highest BCUT2D eigenvalue weighted by molar-refractivity contribution is 9.10. The van der Waals surface area contributed by atoms with Gasteiger partial charge < -0.3 is 10.1 Å². The minimum atomic E-state index is -0.507. The van der Waals surface area contributed by atoms with Gasteiger partial charge in [0, 0.05) is 10.5 Å². The fourth-order valence-corrected chi connectivity index (χ4v) is 2.04. The third-order valence-electron chi connectivity index (χ3n) is 2.78. The molecule has 19 heavy (non-hydrogen) atoms. The number of halogens is 1. The molecule has 0 heterocycles. The summed E-state index contributed by atoms with van der Waals surface area (Å²) < 4.78 is 5.63. The van der Waals surface area contributed by atoms with E-state index in [0.717, 1.165) is 12.8 Å². The molecule has 0 unspecified atom stereocenters. The summed E-state index contributed by atoms with van der Waals surface area (Å²) in [5.74, 6) is -0.777. The second-order valence-corrected chi connectivity index (χ2v) is 4.99. The van der Waals surface area contributed by atoms with Crippen molar-refractivity contribution in [3.05, 3.63) is 34.3 Å². The van der Waals surface area contributed by atoms with Gasteiger partial charge in [0.25, 0.3) is 5.91 Å². The molecule has 1 aromatic carbocycles. The van der Waals surface area contributed by atoms with E-state index in [4.69, 9.17) is 4.74 Å². The summed E-state index contributed by atoms with van der Waals surface area (Å²) in [5, 5.41) is 2.81. The summed E-state index contributed by atoms with van der Waals surface area (Å²) in [5.41, 5.74) is 0.415. The Morgan fingerprint density at radius 3 is 2.47 bits per heavy atom. The molecule has 0 aliphatic rings. The molecule has 1 amide bonds. The van der Waals surface area contributed by atoms with Gasteiger partial charge in [-0.05, 0) is 40.9 Å². The lowest BCUT2D eigenvalue weighted by molar-refractivity contribution is -0.125. The van der Waals surface area contributed by atoms with Gasteiger partial charge in [-0.2, -0.15) is 0 Å². The summed E-state index contributed by atoms with van der Waals surface area (Å²) in [6.07, 6.45) is 1.72. The average Bonchev–Trinajstić information content (AvgIpc) is 2.42. The van der Waals surface area contributed by atoms with Crippen molar-refractivity contribution in [1.29, 1.82) is 0 Å². The number of hydrogen-bond acceptors (Lipinski definition) is 3. The molecule has 5 heteroatoms. The molecule has 4 nitrogen and oxygen atoms in total. The van der Waals surface area contributed by atoms with Crippen molar-refractivity contribution in [2.45, 2.75) is 32.7 Å². The SMILES string of the molecule is CCC(CC)NC(=O)COC(=O)c1ccccc1Br. The van der Waals surface area contributed by atoms with E-state index in [1.54, 1.807) is 24.3 Å². The maximum absolute atomic E-state index is 11.8.